The molecule has 0 rings (SSSR count). The summed E-state index contributed by atoms with van der Waals surface area (Å²) >= 11 is 10.5. The minimum Gasteiger partial charge on any atom is -0.126 e. The van der Waals surface area contributed by atoms with Gasteiger partial charge in [0.2, 0.25) is 0 Å². The largest absolute Gasteiger partial charge is 0.126 e. The van der Waals surface area contributed by atoms with Crippen LogP contribution in [0.15, 0.2) is 0 Å². The molecule has 7 heavy (non-hydrogen) atoms. The molecule has 0 saturated carbocycles. The van der Waals surface area contributed by atoms with Crippen molar-refractivity contribution in [2.45, 2.75) is 6.42 Å². The first-order valence-corrected chi connectivity index (χ1v) is 3.06. The van der Waals surface area contributed by atoms with Crippen LogP contribution < -0.4 is 0 Å². The lowest BCUT2D eigenvalue weighted by molar-refractivity contribution is 1.29. The van der Waals surface area contributed by atoms with Crippen LogP contribution in [0.25, 0.3) is 0 Å². The number of hydrogen-bond donors (Lipinski definition) is 0. The van der Waals surface area contributed by atoms with Crippen molar-refractivity contribution in [2.24, 2.45) is 0 Å². The maximum atomic E-state index is 5.29. The molecule has 0 aliphatic carbocycles. The van der Waals surface area contributed by atoms with Crippen molar-refractivity contribution in [2.75, 3.05) is 11.8 Å². The zero-order valence-corrected chi connectivity index (χ0v) is 5.39. The summed E-state index contributed by atoms with van der Waals surface area (Å²) in [6.07, 6.45) is 0.744. The quantitative estimate of drug-likeness (QED) is 0.382. The van der Waals surface area contributed by atoms with E-state index in [2.05, 4.69) is 11.8 Å². The lowest BCUT2D eigenvalue weighted by atomic mass is 10.5. The van der Waals surface area contributed by atoms with Crippen LogP contribution in [0.3, 0.4) is 0 Å². The lowest BCUT2D eigenvalue weighted by Gasteiger charge is -1.71. The third-order valence-corrected chi connectivity index (χ3v) is 0.734. The number of rotatable bonds is 1. The first-order chi connectivity index (χ1) is 3.41. The second-order valence-electron chi connectivity index (χ2n) is 0.926. The standard InChI is InChI=1S/C5H6Cl2/c6-4-2-1-3-5-7/h2,4-5H2. The van der Waals surface area contributed by atoms with E-state index in [-0.39, 0.29) is 0 Å². The normalized spacial score (nSPS) is 7.14. The molecule has 0 heterocycles. The van der Waals surface area contributed by atoms with Gasteiger partial charge in [-0.2, -0.15) is 0 Å². The summed E-state index contributed by atoms with van der Waals surface area (Å²) in [5.41, 5.74) is 0. The van der Waals surface area contributed by atoms with E-state index in [0.29, 0.717) is 11.8 Å². The molecule has 0 aromatic carbocycles. The van der Waals surface area contributed by atoms with E-state index in [1.807, 2.05) is 0 Å². The van der Waals surface area contributed by atoms with Crippen molar-refractivity contribution in [3.8, 4) is 11.8 Å². The summed E-state index contributed by atoms with van der Waals surface area (Å²) in [5.74, 6) is 6.47. The van der Waals surface area contributed by atoms with Gasteiger partial charge in [0.05, 0.1) is 5.88 Å². The van der Waals surface area contributed by atoms with Crippen LogP contribution in [-0.2, 0) is 0 Å². The Kier molecular flexibility index (Phi) is 6.26. The fourth-order valence-corrected chi connectivity index (χ4v) is 0.372. The molecule has 0 fully saturated rings. The first kappa shape index (κ1) is 7.14. The average Bonchev–Trinajstić information content (AvgIpc) is 1.69. The predicted octanol–water partition coefficient (Wildman–Crippen LogP) is 1.86. The van der Waals surface area contributed by atoms with Gasteiger partial charge in [0, 0.05) is 12.3 Å². The topological polar surface area (TPSA) is 0 Å². The van der Waals surface area contributed by atoms with Gasteiger partial charge in [-0.1, -0.05) is 5.92 Å². The van der Waals surface area contributed by atoms with E-state index in [4.69, 9.17) is 23.2 Å². The molecule has 0 aromatic heterocycles. The Hall–Kier alpha value is 0.140. The van der Waals surface area contributed by atoms with Gasteiger partial charge in [0.25, 0.3) is 0 Å². The van der Waals surface area contributed by atoms with Crippen LogP contribution in [0, 0.1) is 11.8 Å². The van der Waals surface area contributed by atoms with E-state index in [0.717, 1.165) is 6.42 Å². The Labute approximate surface area is 53.8 Å². The zero-order valence-electron chi connectivity index (χ0n) is 3.88. The van der Waals surface area contributed by atoms with Gasteiger partial charge in [-0.25, -0.2) is 0 Å². The number of alkyl halides is 2. The van der Waals surface area contributed by atoms with Crippen molar-refractivity contribution >= 4 is 23.2 Å². The molecular formula is C5H6Cl2. The third-order valence-electron chi connectivity index (χ3n) is 0.411. The average molecular weight is 137 g/mol. The predicted molar refractivity (Wildman–Crippen MR) is 33.8 cm³/mol. The molecule has 0 unspecified atom stereocenters. The van der Waals surface area contributed by atoms with E-state index >= 15 is 0 Å². The van der Waals surface area contributed by atoms with Crippen molar-refractivity contribution < 1.29 is 0 Å². The molecule has 0 N–H and O–H groups in total. The second-order valence-corrected chi connectivity index (χ2v) is 1.57. The Bertz CT molecular complexity index is 77.8. The molecule has 2 heteroatoms. The molecule has 0 aliphatic rings. The van der Waals surface area contributed by atoms with Crippen LogP contribution in [0.2, 0.25) is 0 Å². The highest BCUT2D eigenvalue weighted by molar-refractivity contribution is 6.19. The van der Waals surface area contributed by atoms with Crippen LogP contribution in [0.4, 0.5) is 0 Å². The van der Waals surface area contributed by atoms with Crippen LogP contribution >= 0.6 is 23.2 Å². The van der Waals surface area contributed by atoms with Crippen LogP contribution in [-0.4, -0.2) is 11.8 Å². The monoisotopic (exact) mass is 136 g/mol. The Balaban J connectivity index is 2.91. The fourth-order valence-electron chi connectivity index (χ4n) is 0.183. The van der Waals surface area contributed by atoms with Crippen molar-refractivity contribution in [1.29, 1.82) is 0 Å². The highest BCUT2D eigenvalue weighted by atomic mass is 35.5. The summed E-state index contributed by atoms with van der Waals surface area (Å²) in [6, 6.07) is 0. The minimum absolute atomic E-state index is 0.414. The van der Waals surface area contributed by atoms with Gasteiger partial charge in [-0.05, 0) is 0 Å². The maximum Gasteiger partial charge on any atom is 0.0835 e. The summed E-state index contributed by atoms with van der Waals surface area (Å²) in [4.78, 5) is 0. The van der Waals surface area contributed by atoms with Gasteiger partial charge in [0.1, 0.15) is 0 Å². The molecule has 40 valence electrons. The van der Waals surface area contributed by atoms with Gasteiger partial charge < -0.3 is 0 Å². The second kappa shape index (κ2) is 6.14. The molecule has 0 amide bonds. The van der Waals surface area contributed by atoms with Crippen LogP contribution in [0.1, 0.15) is 6.42 Å². The van der Waals surface area contributed by atoms with Crippen LogP contribution in [0.5, 0.6) is 0 Å². The molecule has 0 nitrogen and oxygen atoms in total. The lowest BCUT2D eigenvalue weighted by Crippen LogP contribution is -1.66. The molecule has 0 aliphatic heterocycles. The van der Waals surface area contributed by atoms with Gasteiger partial charge in [-0.3, -0.25) is 0 Å². The first-order valence-electron chi connectivity index (χ1n) is 1.99. The molecule has 0 bridgehead atoms. The SMILES string of the molecule is ClCC#CCCCl. The van der Waals surface area contributed by atoms with Gasteiger partial charge >= 0.3 is 0 Å². The Morgan fingerprint density at radius 1 is 1.14 bits per heavy atom. The van der Waals surface area contributed by atoms with Crippen molar-refractivity contribution in [3.05, 3.63) is 0 Å². The summed E-state index contributed by atoms with van der Waals surface area (Å²) in [6.45, 7) is 0. The molecular weight excluding hydrogens is 131 g/mol. The smallest absolute Gasteiger partial charge is 0.0835 e. The summed E-state index contributed by atoms with van der Waals surface area (Å²) < 4.78 is 0. The number of halogens is 2. The van der Waals surface area contributed by atoms with Gasteiger partial charge in [-0.15, -0.1) is 29.1 Å². The molecule has 0 atom stereocenters. The zero-order chi connectivity index (χ0) is 5.54. The van der Waals surface area contributed by atoms with Crippen molar-refractivity contribution in [1.82, 2.24) is 0 Å². The van der Waals surface area contributed by atoms with E-state index in [1.54, 1.807) is 0 Å². The Morgan fingerprint density at radius 2 is 1.86 bits per heavy atom. The molecule has 0 saturated heterocycles. The number of hydrogen-bond acceptors (Lipinski definition) is 0. The molecule has 0 aromatic rings. The van der Waals surface area contributed by atoms with E-state index < -0.39 is 0 Å². The summed E-state index contributed by atoms with van der Waals surface area (Å²) in [5, 5.41) is 0. The maximum absolute atomic E-state index is 5.29. The van der Waals surface area contributed by atoms with Crippen molar-refractivity contribution in [3.63, 3.8) is 0 Å². The van der Waals surface area contributed by atoms with E-state index in [1.165, 1.54) is 0 Å². The molecule has 0 spiro atoms. The third kappa shape index (κ3) is 6.14. The van der Waals surface area contributed by atoms with Gasteiger partial charge in [0.15, 0.2) is 0 Å². The molecule has 0 radical (unpaired) electrons. The highest BCUT2D eigenvalue weighted by Gasteiger charge is 1.68. The minimum atomic E-state index is 0.414. The van der Waals surface area contributed by atoms with E-state index in [9.17, 15) is 0 Å². The fraction of sp³-hybridized carbons (Fsp3) is 0.600. The Morgan fingerprint density at radius 3 is 2.29 bits per heavy atom. The highest BCUT2D eigenvalue weighted by Crippen LogP contribution is 1.79. The summed E-state index contributed by atoms with van der Waals surface area (Å²) in [7, 11) is 0.